The summed E-state index contributed by atoms with van der Waals surface area (Å²) in [6.45, 7) is 2.63. The molecule has 0 aliphatic carbocycles. The van der Waals surface area contributed by atoms with Crippen molar-refractivity contribution in [1.82, 2.24) is 9.88 Å². The number of anilines is 2. The van der Waals surface area contributed by atoms with Gasteiger partial charge in [-0.3, -0.25) is 4.79 Å². The van der Waals surface area contributed by atoms with E-state index < -0.39 is 0 Å². The van der Waals surface area contributed by atoms with Crippen LogP contribution in [0.15, 0.2) is 42.6 Å². The number of hydrogen-bond donors (Lipinski definition) is 1. The molecular weight excluding hydrogens is 302 g/mol. The topological polar surface area (TPSA) is 86.2 Å². The molecule has 1 saturated heterocycles. The smallest absolute Gasteiger partial charge is 0.227 e. The third kappa shape index (κ3) is 3.46. The summed E-state index contributed by atoms with van der Waals surface area (Å²) >= 11 is 0. The van der Waals surface area contributed by atoms with Gasteiger partial charge in [0.25, 0.3) is 0 Å². The molecule has 0 bridgehead atoms. The molecule has 2 heterocycles. The minimum atomic E-state index is 0.112. The molecule has 2 N–H and O–H groups in total. The zero-order chi connectivity index (χ0) is 16.9. The molecule has 1 amide bonds. The number of hydrogen-bond acceptors (Lipinski definition) is 5. The van der Waals surface area contributed by atoms with Gasteiger partial charge in [0.1, 0.15) is 11.9 Å². The molecule has 24 heavy (non-hydrogen) atoms. The molecule has 122 valence electrons. The lowest BCUT2D eigenvalue weighted by Crippen LogP contribution is -2.49. The van der Waals surface area contributed by atoms with Crippen molar-refractivity contribution in [2.45, 2.75) is 6.42 Å². The molecule has 1 aromatic heterocycles. The van der Waals surface area contributed by atoms with Gasteiger partial charge in [-0.25, -0.2) is 4.98 Å². The van der Waals surface area contributed by atoms with E-state index in [9.17, 15) is 10.1 Å². The molecule has 0 atom stereocenters. The zero-order valence-corrected chi connectivity index (χ0v) is 13.4. The van der Waals surface area contributed by atoms with Crippen molar-refractivity contribution in [3.63, 3.8) is 0 Å². The van der Waals surface area contributed by atoms with Crippen LogP contribution in [0.2, 0.25) is 0 Å². The highest BCUT2D eigenvalue weighted by atomic mass is 16.2. The predicted molar refractivity (Wildman–Crippen MR) is 92.3 cm³/mol. The molecule has 1 aliphatic heterocycles. The Morgan fingerprint density at radius 3 is 2.54 bits per heavy atom. The van der Waals surface area contributed by atoms with Crippen LogP contribution in [0, 0.1) is 11.3 Å². The molecule has 0 unspecified atom stereocenters. The first kappa shape index (κ1) is 15.8. The highest BCUT2D eigenvalue weighted by molar-refractivity contribution is 5.79. The molecule has 6 nitrogen and oxygen atoms in total. The number of nitrogens with zero attached hydrogens (tertiary/aromatic N) is 4. The SMILES string of the molecule is N#Cc1cccnc1N1CCN(C(=O)Cc2ccc(N)cc2)CC1. The summed E-state index contributed by atoms with van der Waals surface area (Å²) in [5.41, 5.74) is 7.90. The number of pyridine rings is 1. The van der Waals surface area contributed by atoms with Gasteiger partial charge in [-0.2, -0.15) is 5.26 Å². The lowest BCUT2D eigenvalue weighted by Gasteiger charge is -2.35. The molecule has 3 rings (SSSR count). The van der Waals surface area contributed by atoms with Crippen molar-refractivity contribution in [2.75, 3.05) is 36.8 Å². The number of piperazine rings is 1. The highest BCUT2D eigenvalue weighted by Crippen LogP contribution is 2.18. The molecule has 1 aromatic carbocycles. The van der Waals surface area contributed by atoms with Crippen LogP contribution in [0.1, 0.15) is 11.1 Å². The monoisotopic (exact) mass is 321 g/mol. The maximum Gasteiger partial charge on any atom is 0.227 e. The second-order valence-corrected chi connectivity index (χ2v) is 5.77. The van der Waals surface area contributed by atoms with Crippen LogP contribution in [0.25, 0.3) is 0 Å². The van der Waals surface area contributed by atoms with Crippen molar-refractivity contribution in [3.05, 3.63) is 53.7 Å². The first-order valence-corrected chi connectivity index (χ1v) is 7.89. The highest BCUT2D eigenvalue weighted by Gasteiger charge is 2.23. The fourth-order valence-electron chi connectivity index (χ4n) is 2.83. The lowest BCUT2D eigenvalue weighted by molar-refractivity contribution is -0.130. The van der Waals surface area contributed by atoms with Gasteiger partial charge in [-0.15, -0.1) is 0 Å². The van der Waals surface area contributed by atoms with Crippen LogP contribution in [0.3, 0.4) is 0 Å². The fraction of sp³-hybridized carbons (Fsp3) is 0.278. The number of nitrogen functional groups attached to an aromatic ring is 1. The number of aromatic nitrogens is 1. The number of nitriles is 1. The van der Waals surface area contributed by atoms with E-state index in [-0.39, 0.29) is 5.91 Å². The van der Waals surface area contributed by atoms with Gasteiger partial charge in [0.2, 0.25) is 5.91 Å². The minimum Gasteiger partial charge on any atom is -0.399 e. The van der Waals surface area contributed by atoms with Crippen molar-refractivity contribution in [1.29, 1.82) is 5.26 Å². The summed E-state index contributed by atoms with van der Waals surface area (Å²) in [7, 11) is 0. The zero-order valence-electron chi connectivity index (χ0n) is 13.4. The molecule has 0 radical (unpaired) electrons. The molecule has 6 heteroatoms. The van der Waals surface area contributed by atoms with Crippen LogP contribution in [0.4, 0.5) is 11.5 Å². The minimum absolute atomic E-state index is 0.112. The summed E-state index contributed by atoms with van der Waals surface area (Å²) < 4.78 is 0. The van der Waals surface area contributed by atoms with E-state index in [1.165, 1.54) is 0 Å². The number of carbonyl (C=O) groups excluding carboxylic acids is 1. The fourth-order valence-corrected chi connectivity index (χ4v) is 2.83. The Balaban J connectivity index is 1.59. The van der Waals surface area contributed by atoms with E-state index in [2.05, 4.69) is 16.0 Å². The Hall–Kier alpha value is -3.07. The summed E-state index contributed by atoms with van der Waals surface area (Å²) in [5, 5.41) is 9.18. The largest absolute Gasteiger partial charge is 0.399 e. The van der Waals surface area contributed by atoms with Crippen LogP contribution >= 0.6 is 0 Å². The third-order valence-corrected chi connectivity index (χ3v) is 4.17. The predicted octanol–water partition coefficient (Wildman–Crippen LogP) is 1.43. The number of rotatable bonds is 3. The van der Waals surface area contributed by atoms with E-state index >= 15 is 0 Å². The summed E-state index contributed by atoms with van der Waals surface area (Å²) in [6.07, 6.45) is 2.07. The van der Waals surface area contributed by atoms with E-state index in [1.807, 2.05) is 29.2 Å². The quantitative estimate of drug-likeness (QED) is 0.864. The maximum atomic E-state index is 12.4. The molecule has 1 aliphatic rings. The summed E-state index contributed by atoms with van der Waals surface area (Å²) in [4.78, 5) is 20.7. The van der Waals surface area contributed by atoms with Crippen molar-refractivity contribution in [2.24, 2.45) is 0 Å². The van der Waals surface area contributed by atoms with Gasteiger partial charge in [0.15, 0.2) is 0 Å². The first-order valence-electron chi connectivity index (χ1n) is 7.89. The second kappa shape index (κ2) is 7.01. The van der Waals surface area contributed by atoms with E-state index in [1.54, 1.807) is 18.3 Å². The van der Waals surface area contributed by atoms with Crippen LogP contribution in [-0.4, -0.2) is 42.0 Å². The van der Waals surface area contributed by atoms with E-state index in [4.69, 9.17) is 5.73 Å². The Kier molecular flexibility index (Phi) is 4.62. The lowest BCUT2D eigenvalue weighted by atomic mass is 10.1. The Morgan fingerprint density at radius 1 is 1.17 bits per heavy atom. The second-order valence-electron chi connectivity index (χ2n) is 5.77. The number of nitrogens with two attached hydrogens (primary N) is 1. The van der Waals surface area contributed by atoms with Gasteiger partial charge >= 0.3 is 0 Å². The number of benzene rings is 1. The van der Waals surface area contributed by atoms with Crippen molar-refractivity contribution >= 4 is 17.4 Å². The van der Waals surface area contributed by atoms with E-state index in [0.717, 1.165) is 5.56 Å². The average Bonchev–Trinajstić information content (AvgIpc) is 2.63. The van der Waals surface area contributed by atoms with Crippen LogP contribution in [0.5, 0.6) is 0 Å². The molecule has 0 saturated carbocycles. The molecule has 1 fully saturated rings. The van der Waals surface area contributed by atoms with Crippen molar-refractivity contribution < 1.29 is 4.79 Å². The van der Waals surface area contributed by atoms with Gasteiger partial charge in [-0.1, -0.05) is 12.1 Å². The molecular formula is C18H19N5O. The van der Waals surface area contributed by atoms with Crippen LogP contribution in [-0.2, 0) is 11.2 Å². The Morgan fingerprint density at radius 2 is 1.88 bits per heavy atom. The average molecular weight is 321 g/mol. The summed E-state index contributed by atoms with van der Waals surface area (Å²) in [6, 6.07) is 13.1. The Bertz CT molecular complexity index is 758. The van der Waals surface area contributed by atoms with Crippen LogP contribution < -0.4 is 10.6 Å². The third-order valence-electron chi connectivity index (χ3n) is 4.17. The first-order chi connectivity index (χ1) is 11.7. The van der Waals surface area contributed by atoms with Gasteiger partial charge < -0.3 is 15.5 Å². The van der Waals surface area contributed by atoms with Gasteiger partial charge in [-0.05, 0) is 29.8 Å². The number of amides is 1. The van der Waals surface area contributed by atoms with E-state index in [0.29, 0.717) is 49.7 Å². The van der Waals surface area contributed by atoms with Crippen molar-refractivity contribution in [3.8, 4) is 6.07 Å². The normalized spacial score (nSPS) is 14.3. The molecule has 0 spiro atoms. The Labute approximate surface area is 141 Å². The summed E-state index contributed by atoms with van der Waals surface area (Å²) in [5.74, 6) is 0.812. The maximum absolute atomic E-state index is 12.4. The molecule has 2 aromatic rings. The standard InChI is InChI=1S/C18H19N5O/c19-13-15-2-1-7-21-18(15)23-10-8-22(9-11-23)17(24)12-14-3-5-16(20)6-4-14/h1-7H,8-12,20H2. The number of carbonyl (C=O) groups is 1. The van der Waals surface area contributed by atoms with Gasteiger partial charge in [0.05, 0.1) is 12.0 Å². The van der Waals surface area contributed by atoms with Gasteiger partial charge in [0, 0.05) is 38.1 Å².